The number of carbonyl (C=O) groups excluding carboxylic acids is 2. The van der Waals surface area contributed by atoms with Crippen molar-refractivity contribution < 1.29 is 14.3 Å². The molecule has 3 rings (SSSR count). The molecule has 0 N–H and O–H groups in total. The van der Waals surface area contributed by atoms with Crippen LogP contribution in [-0.4, -0.2) is 68.5 Å². The maximum Gasteiger partial charge on any atom is 0.241 e. The third kappa shape index (κ3) is 3.70. The molecule has 0 spiro atoms. The van der Waals surface area contributed by atoms with Gasteiger partial charge in [-0.15, -0.1) is 0 Å². The maximum absolute atomic E-state index is 12.5. The summed E-state index contributed by atoms with van der Waals surface area (Å²) in [5.41, 5.74) is 0.891. The van der Waals surface area contributed by atoms with E-state index in [1.807, 2.05) is 41.1 Å². The van der Waals surface area contributed by atoms with Gasteiger partial charge in [0.2, 0.25) is 11.8 Å². The Morgan fingerprint density at radius 1 is 1.21 bits per heavy atom. The van der Waals surface area contributed by atoms with E-state index >= 15 is 0 Å². The summed E-state index contributed by atoms with van der Waals surface area (Å²) in [4.78, 5) is 30.0. The highest BCUT2D eigenvalue weighted by Crippen LogP contribution is 2.24. The molecule has 6 heteroatoms. The van der Waals surface area contributed by atoms with E-state index in [-0.39, 0.29) is 11.8 Å². The molecule has 0 saturated carbocycles. The Morgan fingerprint density at radius 3 is 2.75 bits per heavy atom. The number of ether oxygens (including phenoxy) is 1. The lowest BCUT2D eigenvalue weighted by atomic mass is 9.97. The van der Waals surface area contributed by atoms with Gasteiger partial charge in [-0.3, -0.25) is 14.5 Å². The topological polar surface area (TPSA) is 53.1 Å². The minimum Gasteiger partial charge on any atom is -0.497 e. The average molecular weight is 331 g/mol. The fourth-order valence-corrected chi connectivity index (χ4v) is 3.54. The number of methoxy groups -OCH3 is 1. The molecule has 2 aliphatic rings. The summed E-state index contributed by atoms with van der Waals surface area (Å²) in [7, 11) is 3.49. The molecule has 0 radical (unpaired) electrons. The number of piperazine rings is 1. The fraction of sp³-hybridized carbons (Fsp3) is 0.556. The molecular formula is C18H25N3O3. The van der Waals surface area contributed by atoms with Crippen LogP contribution in [0.3, 0.4) is 0 Å². The highest BCUT2D eigenvalue weighted by atomic mass is 16.5. The van der Waals surface area contributed by atoms with Crippen LogP contribution in [-0.2, 0) is 9.59 Å². The molecule has 2 saturated heterocycles. The van der Waals surface area contributed by atoms with Crippen LogP contribution in [0.5, 0.6) is 5.75 Å². The van der Waals surface area contributed by atoms with E-state index in [9.17, 15) is 9.59 Å². The number of rotatable bonds is 4. The molecule has 0 aromatic heterocycles. The number of piperidine rings is 1. The number of carbonyl (C=O) groups is 2. The summed E-state index contributed by atoms with van der Waals surface area (Å²) in [6.45, 7) is 3.66. The summed E-state index contributed by atoms with van der Waals surface area (Å²) in [5, 5.41) is 0. The number of amides is 2. The van der Waals surface area contributed by atoms with Gasteiger partial charge < -0.3 is 14.5 Å². The Kier molecular flexibility index (Phi) is 5.04. The van der Waals surface area contributed by atoms with Crippen molar-refractivity contribution in [2.24, 2.45) is 5.92 Å². The fourth-order valence-electron chi connectivity index (χ4n) is 3.54. The highest BCUT2D eigenvalue weighted by molar-refractivity contribution is 5.95. The first-order valence-corrected chi connectivity index (χ1v) is 8.47. The van der Waals surface area contributed by atoms with E-state index < -0.39 is 0 Å². The van der Waals surface area contributed by atoms with Crippen LogP contribution >= 0.6 is 0 Å². The molecule has 0 aliphatic carbocycles. The lowest BCUT2D eigenvalue weighted by Gasteiger charge is -2.38. The smallest absolute Gasteiger partial charge is 0.241 e. The van der Waals surface area contributed by atoms with Gasteiger partial charge in [-0.05, 0) is 24.5 Å². The van der Waals surface area contributed by atoms with Gasteiger partial charge in [-0.25, -0.2) is 0 Å². The zero-order valence-electron chi connectivity index (χ0n) is 14.4. The Balaban J connectivity index is 1.57. The molecule has 2 aliphatic heterocycles. The van der Waals surface area contributed by atoms with E-state index in [1.165, 1.54) is 0 Å². The second-order valence-corrected chi connectivity index (χ2v) is 6.66. The monoisotopic (exact) mass is 331 g/mol. The molecule has 6 nitrogen and oxygen atoms in total. The van der Waals surface area contributed by atoms with Crippen LogP contribution in [0.25, 0.3) is 0 Å². The summed E-state index contributed by atoms with van der Waals surface area (Å²) in [6.07, 6.45) is 1.55. The number of nitrogens with zero attached hydrogens (tertiary/aromatic N) is 3. The van der Waals surface area contributed by atoms with Gasteiger partial charge in [0.15, 0.2) is 0 Å². The number of hydrogen-bond acceptors (Lipinski definition) is 4. The Hall–Kier alpha value is -2.08. The zero-order chi connectivity index (χ0) is 17.1. The standard InChI is InChI=1S/C18H25N3O3/c1-19-11-14(6-7-17(19)22)12-20-8-9-21(18(23)13-20)15-4-3-5-16(10-15)24-2/h3-5,10,14H,6-9,11-13H2,1-2H3. The number of benzene rings is 1. The van der Waals surface area contributed by atoms with Gasteiger partial charge in [-0.1, -0.05) is 6.07 Å². The summed E-state index contributed by atoms with van der Waals surface area (Å²) in [5.74, 6) is 1.57. The third-order valence-electron chi connectivity index (χ3n) is 4.91. The molecule has 1 atom stereocenters. The van der Waals surface area contributed by atoms with Gasteiger partial charge in [0.05, 0.1) is 13.7 Å². The quantitative estimate of drug-likeness (QED) is 0.832. The summed E-state index contributed by atoms with van der Waals surface area (Å²) >= 11 is 0. The molecule has 1 aromatic rings. The van der Waals surface area contributed by atoms with Crippen molar-refractivity contribution in [3.63, 3.8) is 0 Å². The van der Waals surface area contributed by atoms with Crippen LogP contribution < -0.4 is 9.64 Å². The van der Waals surface area contributed by atoms with Gasteiger partial charge in [0.1, 0.15) is 5.75 Å². The molecule has 2 heterocycles. The zero-order valence-corrected chi connectivity index (χ0v) is 14.4. The van der Waals surface area contributed by atoms with Crippen molar-refractivity contribution in [1.82, 2.24) is 9.80 Å². The predicted molar refractivity (Wildman–Crippen MR) is 92.1 cm³/mol. The second-order valence-electron chi connectivity index (χ2n) is 6.66. The largest absolute Gasteiger partial charge is 0.497 e. The van der Waals surface area contributed by atoms with Crippen LogP contribution in [0.4, 0.5) is 5.69 Å². The first-order chi connectivity index (χ1) is 11.6. The van der Waals surface area contributed by atoms with Crippen molar-refractivity contribution in [2.45, 2.75) is 12.8 Å². The number of likely N-dealkylation sites (tertiary alicyclic amines) is 1. The molecule has 2 fully saturated rings. The number of anilines is 1. The number of hydrogen-bond donors (Lipinski definition) is 0. The van der Waals surface area contributed by atoms with E-state index in [0.717, 1.165) is 37.5 Å². The van der Waals surface area contributed by atoms with E-state index in [4.69, 9.17) is 4.74 Å². The van der Waals surface area contributed by atoms with Gasteiger partial charge in [0.25, 0.3) is 0 Å². The molecule has 1 aromatic carbocycles. The molecule has 2 amide bonds. The highest BCUT2D eigenvalue weighted by Gasteiger charge is 2.29. The van der Waals surface area contributed by atoms with Crippen molar-refractivity contribution in [2.75, 3.05) is 51.8 Å². The minimum absolute atomic E-state index is 0.120. The van der Waals surface area contributed by atoms with Crippen molar-refractivity contribution in [1.29, 1.82) is 0 Å². The normalized spacial score (nSPS) is 22.8. The van der Waals surface area contributed by atoms with Crippen LogP contribution in [0, 0.1) is 5.92 Å². The lowest BCUT2D eigenvalue weighted by Crippen LogP contribution is -2.52. The lowest BCUT2D eigenvalue weighted by molar-refractivity contribution is -0.133. The minimum atomic E-state index is 0.120. The Bertz CT molecular complexity index is 619. The van der Waals surface area contributed by atoms with E-state index in [1.54, 1.807) is 7.11 Å². The summed E-state index contributed by atoms with van der Waals surface area (Å²) < 4.78 is 5.24. The summed E-state index contributed by atoms with van der Waals surface area (Å²) in [6, 6.07) is 7.63. The SMILES string of the molecule is COc1cccc(N2CCN(CC3CCC(=O)N(C)C3)CC2=O)c1. The molecular weight excluding hydrogens is 306 g/mol. The van der Waals surface area contributed by atoms with Crippen LogP contribution in [0.2, 0.25) is 0 Å². The van der Waals surface area contributed by atoms with Gasteiger partial charge >= 0.3 is 0 Å². The van der Waals surface area contributed by atoms with E-state index in [0.29, 0.717) is 25.4 Å². The molecule has 0 bridgehead atoms. The molecule has 130 valence electrons. The first kappa shape index (κ1) is 16.8. The van der Waals surface area contributed by atoms with Gasteiger partial charge in [-0.2, -0.15) is 0 Å². The van der Waals surface area contributed by atoms with Crippen LogP contribution in [0.1, 0.15) is 12.8 Å². The second kappa shape index (κ2) is 7.21. The first-order valence-electron chi connectivity index (χ1n) is 8.47. The Labute approximate surface area is 143 Å². The Morgan fingerprint density at radius 2 is 2.04 bits per heavy atom. The predicted octanol–water partition coefficient (Wildman–Crippen LogP) is 1.21. The molecule has 1 unspecified atom stereocenters. The van der Waals surface area contributed by atoms with Crippen molar-refractivity contribution in [3.05, 3.63) is 24.3 Å². The average Bonchev–Trinajstić information content (AvgIpc) is 2.58. The van der Waals surface area contributed by atoms with Crippen LogP contribution in [0.15, 0.2) is 24.3 Å². The third-order valence-corrected chi connectivity index (χ3v) is 4.91. The van der Waals surface area contributed by atoms with Gasteiger partial charge in [0, 0.05) is 51.4 Å². The van der Waals surface area contributed by atoms with Crippen molar-refractivity contribution in [3.8, 4) is 5.75 Å². The maximum atomic E-state index is 12.5. The van der Waals surface area contributed by atoms with E-state index in [2.05, 4.69) is 4.90 Å². The van der Waals surface area contributed by atoms with Crippen molar-refractivity contribution >= 4 is 17.5 Å². The molecule has 24 heavy (non-hydrogen) atoms.